The Labute approximate surface area is 767 Å². The molecule has 12 rings (SSSR count). The number of aromatic hydroxyl groups is 3. The van der Waals surface area contributed by atoms with E-state index in [2.05, 4.69) is 54.8 Å². The first-order valence-corrected chi connectivity index (χ1v) is 46.9. The summed E-state index contributed by atoms with van der Waals surface area (Å²) in [5.74, 6) is -19.8. The molecule has 0 aliphatic carbocycles. The molecule has 7 heterocycles. The molecule has 7 aliphatic rings. The number of nitrogens with two attached hydrogens (primary N) is 1. The van der Waals surface area contributed by atoms with Crippen LogP contribution in [-0.4, -0.2) is 259 Å². The van der Waals surface area contributed by atoms with Crippen molar-refractivity contribution in [3.05, 3.63) is 116 Å². The first-order valence-electron chi connectivity index (χ1n) is 42.8. The molecule has 5 aromatic carbocycles. The number of carboxylic acids is 1. The number of likely N-dealkylation sites (N-methyl/N-ethyl adjacent to an activating group) is 1. The number of aliphatic carboxylic acids is 1. The molecule has 724 valence electrons. The van der Waals surface area contributed by atoms with Crippen LogP contribution in [-0.2, 0) is 77.8 Å². The lowest BCUT2D eigenvalue weighted by Gasteiger charge is -2.48. The van der Waals surface area contributed by atoms with Gasteiger partial charge in [-0.2, -0.15) is 0 Å². The van der Waals surface area contributed by atoms with Crippen molar-refractivity contribution in [1.29, 1.82) is 0 Å². The van der Waals surface area contributed by atoms with Crippen LogP contribution in [0, 0.1) is 5.92 Å². The highest BCUT2D eigenvalue weighted by molar-refractivity contribution is 7.70. The minimum Gasteiger partial charge on any atom is -0.507 e. The zero-order chi connectivity index (χ0) is 96.9. The lowest BCUT2D eigenvalue weighted by molar-refractivity contribution is -0.334. The van der Waals surface area contributed by atoms with Crippen molar-refractivity contribution in [2.24, 2.45) is 11.7 Å². The molecule has 8 amide bonds. The Hall–Kier alpha value is -9.80. The van der Waals surface area contributed by atoms with Crippen LogP contribution in [0.5, 0.6) is 46.0 Å². The van der Waals surface area contributed by atoms with Crippen molar-refractivity contribution in [1.82, 2.24) is 52.8 Å². The van der Waals surface area contributed by atoms with E-state index in [-0.39, 0.29) is 30.6 Å². The van der Waals surface area contributed by atoms with Gasteiger partial charge in [-0.3, -0.25) is 47.5 Å². The number of benzene rings is 5. The van der Waals surface area contributed by atoms with E-state index in [9.17, 15) is 104 Å². The second-order valence-electron chi connectivity index (χ2n) is 33.7. The lowest BCUT2D eigenvalue weighted by Crippen LogP contribution is -2.65. The van der Waals surface area contributed by atoms with Crippen molar-refractivity contribution in [3.63, 3.8) is 0 Å². The number of aldehydes is 1. The first kappa shape index (κ1) is 104. The van der Waals surface area contributed by atoms with Crippen LogP contribution >= 0.6 is 38.4 Å². The van der Waals surface area contributed by atoms with Crippen LogP contribution in [0.25, 0.3) is 11.1 Å². The number of rotatable bonds is 35. The topological polar surface area (TPSA) is 681 Å². The van der Waals surface area contributed by atoms with Crippen molar-refractivity contribution in [3.8, 4) is 57.1 Å². The number of carbonyl (C=O) groups is 10. The highest BCUT2D eigenvalue weighted by Crippen LogP contribution is 2.62. The minimum atomic E-state index is -5.67. The second-order valence-corrected chi connectivity index (χ2v) is 38.5. The zero-order valence-electron chi connectivity index (χ0n) is 72.7. The molecule has 0 spiro atoms. The van der Waals surface area contributed by atoms with Crippen LogP contribution in [0.15, 0.2) is 72.8 Å². The third-order valence-corrected chi connectivity index (χ3v) is 27.9. The quantitative estimate of drug-likeness (QED) is 0.0157. The van der Waals surface area contributed by atoms with E-state index in [1.165, 1.54) is 32.4 Å². The Kier molecular flexibility index (Phi) is 35.9. The largest absolute Gasteiger partial charge is 0.507 e. The van der Waals surface area contributed by atoms with Gasteiger partial charge in [0.1, 0.15) is 95.8 Å². The molecular weight excluding hydrogens is 1820 g/mol. The van der Waals surface area contributed by atoms with E-state index in [1.54, 1.807) is 27.7 Å². The molecular formula is C85H113Cl2N11O32P2. The molecule has 132 heavy (non-hydrogen) atoms. The monoisotopic (exact) mass is 1930 g/mol. The van der Waals surface area contributed by atoms with Crippen LogP contribution in [0.4, 0.5) is 0 Å². The molecule has 18 atom stereocenters. The van der Waals surface area contributed by atoms with Gasteiger partial charge in [0.05, 0.1) is 60.0 Å². The van der Waals surface area contributed by atoms with Gasteiger partial charge in [0.25, 0.3) is 0 Å². The molecule has 7 aliphatic heterocycles. The summed E-state index contributed by atoms with van der Waals surface area (Å²) in [7, 11) is -9.89. The summed E-state index contributed by atoms with van der Waals surface area (Å²) in [5.41, 5.74) is -0.507. The summed E-state index contributed by atoms with van der Waals surface area (Å²) >= 11 is 14.4. The second kappa shape index (κ2) is 45.5. The molecule has 43 nitrogen and oxygen atoms in total. The fourth-order valence-corrected chi connectivity index (χ4v) is 19.2. The fourth-order valence-electron chi connectivity index (χ4n) is 16.3. The number of halogens is 2. The first-order chi connectivity index (χ1) is 62.3. The number of amides is 8. The molecule has 11 bridgehead atoms. The molecule has 18 unspecified atom stereocenters. The van der Waals surface area contributed by atoms with Gasteiger partial charge in [0, 0.05) is 48.2 Å². The molecule has 0 aromatic heterocycles. The number of hydrogen-bond donors (Lipinski definition) is 24. The van der Waals surface area contributed by atoms with Crippen LogP contribution in [0.1, 0.15) is 182 Å². The van der Waals surface area contributed by atoms with Gasteiger partial charge in [-0.05, 0) is 129 Å². The van der Waals surface area contributed by atoms with E-state index < -0.39 is 317 Å². The van der Waals surface area contributed by atoms with Gasteiger partial charge in [-0.25, -0.2) is 4.79 Å². The Morgan fingerprint density at radius 2 is 1.30 bits per heavy atom. The summed E-state index contributed by atoms with van der Waals surface area (Å²) in [6.45, 7) is 7.42. The minimum absolute atomic E-state index is 0.0948. The molecule has 2 fully saturated rings. The maximum atomic E-state index is 16.5. The number of nitrogens with one attached hydrogen (secondary N) is 9. The Morgan fingerprint density at radius 3 is 1.89 bits per heavy atom. The van der Waals surface area contributed by atoms with E-state index in [0.717, 1.165) is 99.3 Å². The zero-order valence-corrected chi connectivity index (χ0v) is 76.0. The molecule has 0 saturated carbocycles. The van der Waals surface area contributed by atoms with Gasteiger partial charge in [0.15, 0.2) is 35.3 Å². The Bertz CT molecular complexity index is 5130. The SMILES string of the molecule is CCCCCCCCCCNCCNC1(C)CC(OC2C(Oc3c4cc5cc3Oc3ccc(cc3Cl)C(O)C3NC(=O)C(NC(=O)C5NC(=O)C(CC(N)=O)NC(=O)C(NC(=O)C(CC(C)C)NC)C(O)c5ccc(c(Cl)c5)O4)c4ccc(O)c(c4)-c4c(cc(O)c(CN(CC=O)C(=O)CCC(P(=O)(O)O)P(=O)(O)O)c4O)C(C(=O)O)NC3=O)OC(CO)C(O)C2O)OC(C)C1O. The fraction of sp³-hybridized carbons (Fsp3) is 0.529. The summed E-state index contributed by atoms with van der Waals surface area (Å²) in [5, 5.41) is 140. The van der Waals surface area contributed by atoms with E-state index in [1.807, 2.05) is 0 Å². The highest BCUT2D eigenvalue weighted by atomic mass is 35.5. The predicted octanol–water partition coefficient (Wildman–Crippen LogP) is 2.46. The molecule has 25 N–H and O–H groups in total. The average molecular weight is 1930 g/mol. The third-order valence-electron chi connectivity index (χ3n) is 23.4. The Morgan fingerprint density at radius 1 is 0.705 bits per heavy atom. The van der Waals surface area contributed by atoms with E-state index in [0.29, 0.717) is 24.1 Å². The summed E-state index contributed by atoms with van der Waals surface area (Å²) < 4.78 is 63.9. The smallest absolute Gasteiger partial charge is 0.340 e. The highest BCUT2D eigenvalue weighted by Gasteiger charge is 2.53. The van der Waals surface area contributed by atoms with Crippen molar-refractivity contribution in [2.45, 2.75) is 239 Å². The number of ether oxygens (including phenoxy) is 6. The summed E-state index contributed by atoms with van der Waals surface area (Å²) in [4.78, 5) is 186. The number of phenolic OH excluding ortho intramolecular Hbond substituents is 3. The van der Waals surface area contributed by atoms with Gasteiger partial charge >= 0.3 is 21.2 Å². The maximum absolute atomic E-state index is 16.5. The number of aliphatic hydroxyl groups is 6. The maximum Gasteiger partial charge on any atom is 0.340 e. The van der Waals surface area contributed by atoms with E-state index in [4.69, 9.17) is 57.4 Å². The number of carboxylic acid groups (broad SMARTS) is 1. The van der Waals surface area contributed by atoms with Gasteiger partial charge < -0.3 is 162 Å². The van der Waals surface area contributed by atoms with Crippen LogP contribution in [0.2, 0.25) is 10.0 Å². The number of primary amides is 1. The third kappa shape index (κ3) is 25.4. The predicted molar refractivity (Wildman–Crippen MR) is 467 cm³/mol. The van der Waals surface area contributed by atoms with Gasteiger partial charge in [-0.15, -0.1) is 0 Å². The van der Waals surface area contributed by atoms with Crippen LogP contribution in [0.3, 0.4) is 0 Å². The average Bonchev–Trinajstić information content (AvgIpc) is 0.749. The number of hydrogen-bond acceptors (Lipinski definition) is 30. The number of aliphatic hydroxyl groups excluding tert-OH is 6. The van der Waals surface area contributed by atoms with Gasteiger partial charge in [0.2, 0.25) is 59.3 Å². The number of phenols is 3. The molecule has 0 radical (unpaired) electrons. The molecule has 5 aromatic rings. The van der Waals surface area contributed by atoms with Gasteiger partial charge in [-0.1, -0.05) is 107 Å². The van der Waals surface area contributed by atoms with Crippen molar-refractivity contribution >= 4 is 97.9 Å². The molecule has 47 heteroatoms. The normalized spacial score (nSPS) is 25.6. The number of unbranched alkanes of at least 4 members (excludes halogenated alkanes) is 7. The van der Waals surface area contributed by atoms with E-state index >= 15 is 24.0 Å². The number of nitrogens with zero attached hydrogens (tertiary/aromatic N) is 1. The Balaban J connectivity index is 1.17. The summed E-state index contributed by atoms with van der Waals surface area (Å²) in [6.07, 6.45) is -12.5. The number of carbonyl (C=O) groups excluding carboxylic acids is 9. The van der Waals surface area contributed by atoms with Crippen LogP contribution < -0.4 is 67.8 Å². The van der Waals surface area contributed by atoms with Crippen molar-refractivity contribution < 1.29 is 156 Å². The number of fused-ring (bicyclic) bond motifs is 15. The lowest BCUT2D eigenvalue weighted by atomic mass is 9.85. The standard InChI is InChI=1S/C85H113Cl2N11O32P2/c1-7-8-9-10-11-12-13-14-23-90-24-25-91-85(5)36-61(125-40(4)76(85)110)129-75-73(109)72(108)58(38-100)128-84(75)130-74-56-32-44-33-57(74)127-55-20-17-43(31-49(55)87)70(106)68-82(116)95-66(83(117)118)46-34-53(102)47(37-98(26-27-99)60(104)21-22-62(131(119,120)121)132(122,123)124)71(107)63(46)45-29-41(15-18-52(45)101)64(79(113)97-68)94-80(114)65(44)93-78(112)51(35-59(88)103)92-81(115)67(96-77(111)50(89-6)28-39(2)3)69(105)42-16-19-54(126-56)48(86)30-42/h15-20,27,29-34,39-40,50-51,58,61-62,64-70,72-73,75-76,84,89-91,100-102,105-110H,7-14,21-26,28,35-38H2,1-6H3,(H2,88,103)(H,92,115)(H,93,112)(H,94,114)(H,95,116)(H,96,111)(H,97,113)(H,117,118)(H2,119,120,121)(H2,122,123,124). The van der Waals surface area contributed by atoms with Crippen molar-refractivity contribution in [2.75, 3.05) is 39.8 Å². The summed E-state index contributed by atoms with van der Waals surface area (Å²) in [6, 6.07) is -3.73. The molecule has 2 saturated heterocycles.